The Balaban J connectivity index is 2.02. The minimum absolute atomic E-state index is 0.190. The Bertz CT molecular complexity index is 552. The van der Waals surface area contributed by atoms with Gasteiger partial charge in [-0.1, -0.05) is 32.0 Å². The summed E-state index contributed by atoms with van der Waals surface area (Å²) >= 11 is 0. The predicted octanol–water partition coefficient (Wildman–Crippen LogP) is 2.51. The predicted molar refractivity (Wildman–Crippen MR) is 78.0 cm³/mol. The Hall–Kier alpha value is -1.60. The first kappa shape index (κ1) is 17.7. The van der Waals surface area contributed by atoms with Crippen molar-refractivity contribution in [3.05, 3.63) is 35.4 Å². The summed E-state index contributed by atoms with van der Waals surface area (Å²) in [6.45, 7) is 4.76. The standard InChI is InChI=1S/C16H20F3NO3/c1-15(2,10-20-14(21)13-9-22-6-7-23-13)11-4-3-5-12(8-11)16(17,18)19/h3-5,8,13H,6-7,9-10H2,1-2H3,(H,20,21). The van der Waals surface area contributed by atoms with Crippen LogP contribution in [-0.2, 0) is 25.9 Å². The van der Waals surface area contributed by atoms with Gasteiger partial charge in [0.25, 0.3) is 5.91 Å². The lowest BCUT2D eigenvalue weighted by Crippen LogP contribution is -2.46. The molecule has 1 fully saturated rings. The van der Waals surface area contributed by atoms with E-state index in [1.54, 1.807) is 19.9 Å². The van der Waals surface area contributed by atoms with Gasteiger partial charge < -0.3 is 14.8 Å². The van der Waals surface area contributed by atoms with Crippen LogP contribution in [0.15, 0.2) is 24.3 Å². The number of carbonyl (C=O) groups excluding carboxylic acids is 1. The van der Waals surface area contributed by atoms with Crippen molar-refractivity contribution in [2.24, 2.45) is 0 Å². The van der Waals surface area contributed by atoms with Gasteiger partial charge in [-0.25, -0.2) is 0 Å². The van der Waals surface area contributed by atoms with Gasteiger partial charge in [-0.3, -0.25) is 4.79 Å². The highest BCUT2D eigenvalue weighted by Gasteiger charge is 2.32. The van der Waals surface area contributed by atoms with E-state index in [0.29, 0.717) is 18.8 Å². The van der Waals surface area contributed by atoms with Crippen LogP contribution in [-0.4, -0.2) is 38.4 Å². The fourth-order valence-corrected chi connectivity index (χ4v) is 2.28. The van der Waals surface area contributed by atoms with E-state index in [1.807, 2.05) is 0 Å². The van der Waals surface area contributed by atoms with E-state index in [-0.39, 0.29) is 19.1 Å². The summed E-state index contributed by atoms with van der Waals surface area (Å²) < 4.78 is 48.9. The molecule has 0 spiro atoms. The van der Waals surface area contributed by atoms with E-state index in [1.165, 1.54) is 6.07 Å². The summed E-state index contributed by atoms with van der Waals surface area (Å²) in [4.78, 5) is 12.0. The van der Waals surface area contributed by atoms with E-state index >= 15 is 0 Å². The molecule has 2 rings (SSSR count). The zero-order valence-electron chi connectivity index (χ0n) is 13.1. The average Bonchev–Trinajstić information content (AvgIpc) is 2.53. The maximum Gasteiger partial charge on any atom is 0.416 e. The quantitative estimate of drug-likeness (QED) is 0.922. The van der Waals surface area contributed by atoms with Crippen LogP contribution in [0.4, 0.5) is 13.2 Å². The third-order valence-electron chi connectivity index (χ3n) is 3.78. The number of amides is 1. The Labute approximate surface area is 133 Å². The van der Waals surface area contributed by atoms with Gasteiger partial charge in [0.2, 0.25) is 0 Å². The molecule has 1 aromatic rings. The lowest BCUT2D eigenvalue weighted by molar-refractivity contribution is -0.147. The normalized spacial score (nSPS) is 19.4. The third kappa shape index (κ3) is 4.68. The molecule has 1 amide bonds. The van der Waals surface area contributed by atoms with Gasteiger partial charge in [-0.2, -0.15) is 13.2 Å². The van der Waals surface area contributed by atoms with E-state index < -0.39 is 23.3 Å². The maximum absolute atomic E-state index is 12.8. The summed E-state index contributed by atoms with van der Waals surface area (Å²) in [6.07, 6.45) is -5.05. The van der Waals surface area contributed by atoms with Gasteiger partial charge in [-0.05, 0) is 11.6 Å². The number of hydrogen-bond donors (Lipinski definition) is 1. The van der Waals surface area contributed by atoms with Crippen molar-refractivity contribution < 1.29 is 27.4 Å². The van der Waals surface area contributed by atoms with E-state index in [2.05, 4.69) is 5.32 Å². The second-order valence-electron chi connectivity index (χ2n) is 6.11. The van der Waals surface area contributed by atoms with Gasteiger partial charge >= 0.3 is 6.18 Å². The van der Waals surface area contributed by atoms with Gasteiger partial charge in [0.05, 0.1) is 25.4 Å². The minimum Gasteiger partial charge on any atom is -0.376 e. The molecule has 23 heavy (non-hydrogen) atoms. The highest BCUT2D eigenvalue weighted by atomic mass is 19.4. The van der Waals surface area contributed by atoms with Crippen molar-refractivity contribution in [2.75, 3.05) is 26.4 Å². The van der Waals surface area contributed by atoms with Crippen molar-refractivity contribution in [1.29, 1.82) is 0 Å². The van der Waals surface area contributed by atoms with Crippen LogP contribution in [0.1, 0.15) is 25.0 Å². The molecule has 1 N–H and O–H groups in total. The van der Waals surface area contributed by atoms with Crippen molar-refractivity contribution in [3.8, 4) is 0 Å². The van der Waals surface area contributed by atoms with Crippen LogP contribution in [0.25, 0.3) is 0 Å². The highest BCUT2D eigenvalue weighted by molar-refractivity contribution is 5.81. The first-order valence-corrected chi connectivity index (χ1v) is 7.35. The summed E-state index contributed by atoms with van der Waals surface area (Å²) in [5.41, 5.74) is -0.834. The molecule has 1 heterocycles. The van der Waals surface area contributed by atoms with Crippen LogP contribution >= 0.6 is 0 Å². The molecule has 0 radical (unpaired) electrons. The molecule has 7 heteroatoms. The fraction of sp³-hybridized carbons (Fsp3) is 0.562. The van der Waals surface area contributed by atoms with Crippen molar-refractivity contribution in [1.82, 2.24) is 5.32 Å². The first-order valence-electron chi connectivity index (χ1n) is 7.35. The highest BCUT2D eigenvalue weighted by Crippen LogP contribution is 2.32. The van der Waals surface area contributed by atoms with Gasteiger partial charge in [0.15, 0.2) is 6.10 Å². The first-order chi connectivity index (χ1) is 10.7. The van der Waals surface area contributed by atoms with Crippen molar-refractivity contribution >= 4 is 5.91 Å². The third-order valence-corrected chi connectivity index (χ3v) is 3.78. The van der Waals surface area contributed by atoms with Crippen LogP contribution in [0.5, 0.6) is 0 Å². The number of carbonyl (C=O) groups is 1. The topological polar surface area (TPSA) is 47.6 Å². The van der Waals surface area contributed by atoms with E-state index in [9.17, 15) is 18.0 Å². The molecule has 1 saturated heterocycles. The zero-order valence-corrected chi connectivity index (χ0v) is 13.1. The molecule has 0 aromatic heterocycles. The van der Waals surface area contributed by atoms with Crippen molar-refractivity contribution in [3.63, 3.8) is 0 Å². The summed E-state index contributed by atoms with van der Waals surface area (Å²) in [7, 11) is 0. The molecular formula is C16H20F3NO3. The Morgan fingerprint density at radius 2 is 1.96 bits per heavy atom. The summed E-state index contributed by atoms with van der Waals surface area (Å²) in [5.74, 6) is -0.315. The number of nitrogens with one attached hydrogen (secondary N) is 1. The molecule has 0 aliphatic carbocycles. The summed E-state index contributed by atoms with van der Waals surface area (Å²) in [6, 6.07) is 5.15. The largest absolute Gasteiger partial charge is 0.416 e. The SMILES string of the molecule is CC(C)(CNC(=O)C1COCCO1)c1cccc(C(F)(F)F)c1. The van der Waals surface area contributed by atoms with Gasteiger partial charge in [0.1, 0.15) is 0 Å². The molecule has 1 aliphatic rings. The Morgan fingerprint density at radius 3 is 2.57 bits per heavy atom. The molecule has 1 atom stereocenters. The van der Waals surface area contributed by atoms with Gasteiger partial charge in [0, 0.05) is 12.0 Å². The van der Waals surface area contributed by atoms with E-state index in [0.717, 1.165) is 12.1 Å². The number of benzene rings is 1. The molecule has 1 aromatic carbocycles. The molecule has 0 saturated carbocycles. The number of alkyl halides is 3. The van der Waals surface area contributed by atoms with Crippen LogP contribution in [0, 0.1) is 0 Å². The Morgan fingerprint density at radius 1 is 1.26 bits per heavy atom. The summed E-state index contributed by atoms with van der Waals surface area (Å²) in [5, 5.41) is 2.72. The number of ether oxygens (including phenoxy) is 2. The van der Waals surface area contributed by atoms with Crippen LogP contribution < -0.4 is 5.32 Å². The molecular weight excluding hydrogens is 311 g/mol. The number of hydrogen-bond acceptors (Lipinski definition) is 3. The molecule has 1 unspecified atom stereocenters. The Kier molecular flexibility index (Phi) is 5.31. The lowest BCUT2D eigenvalue weighted by atomic mass is 9.83. The monoisotopic (exact) mass is 331 g/mol. The second kappa shape index (κ2) is 6.88. The number of halogens is 3. The fourth-order valence-electron chi connectivity index (χ4n) is 2.28. The lowest BCUT2D eigenvalue weighted by Gasteiger charge is -2.28. The maximum atomic E-state index is 12.8. The number of rotatable bonds is 4. The molecule has 1 aliphatic heterocycles. The molecule has 0 bridgehead atoms. The van der Waals surface area contributed by atoms with Crippen LogP contribution in [0.2, 0.25) is 0 Å². The van der Waals surface area contributed by atoms with E-state index in [4.69, 9.17) is 9.47 Å². The van der Waals surface area contributed by atoms with Crippen molar-refractivity contribution in [2.45, 2.75) is 31.5 Å². The zero-order chi connectivity index (χ0) is 17.1. The average molecular weight is 331 g/mol. The molecule has 4 nitrogen and oxygen atoms in total. The van der Waals surface area contributed by atoms with Gasteiger partial charge in [-0.15, -0.1) is 0 Å². The molecule has 128 valence electrons. The van der Waals surface area contributed by atoms with Crippen LogP contribution in [0.3, 0.4) is 0 Å². The minimum atomic E-state index is -4.39. The second-order valence-corrected chi connectivity index (χ2v) is 6.11. The smallest absolute Gasteiger partial charge is 0.376 e.